The van der Waals surface area contributed by atoms with Gasteiger partial charge < -0.3 is 9.32 Å². The molecule has 6 aliphatic rings. The third-order valence-corrected chi connectivity index (χ3v) is 17.6. The number of benzene rings is 6. The highest BCUT2D eigenvalue weighted by Gasteiger charge is 2.51. The van der Waals surface area contributed by atoms with Crippen molar-refractivity contribution in [1.29, 1.82) is 0 Å². The van der Waals surface area contributed by atoms with Crippen molar-refractivity contribution in [2.24, 2.45) is 0 Å². The first-order valence-corrected chi connectivity index (χ1v) is 25.0. The van der Waals surface area contributed by atoms with Crippen LogP contribution in [0.3, 0.4) is 0 Å². The monoisotopic (exact) mass is 867 g/mol. The Labute approximate surface area is 394 Å². The van der Waals surface area contributed by atoms with E-state index < -0.39 is 0 Å². The van der Waals surface area contributed by atoms with Crippen LogP contribution < -0.4 is 26.2 Å². The van der Waals surface area contributed by atoms with Gasteiger partial charge in [0, 0.05) is 39.3 Å². The lowest BCUT2D eigenvalue weighted by Gasteiger charge is -2.52. The summed E-state index contributed by atoms with van der Waals surface area (Å²) in [6.45, 7) is 28.8. The van der Waals surface area contributed by atoms with Crippen molar-refractivity contribution in [2.45, 2.75) is 154 Å². The van der Waals surface area contributed by atoms with Crippen LogP contribution in [0.15, 0.2) is 120 Å². The van der Waals surface area contributed by atoms with Gasteiger partial charge in [0.05, 0.1) is 0 Å². The minimum absolute atomic E-state index is 0.0391. The fourth-order valence-corrected chi connectivity index (χ4v) is 13.1. The lowest BCUT2D eigenvalue weighted by molar-refractivity contribution is 0.188. The van der Waals surface area contributed by atoms with Crippen LogP contribution in [0.4, 0.5) is 34.3 Å². The van der Waals surface area contributed by atoms with Gasteiger partial charge in [-0.1, -0.05) is 144 Å². The van der Waals surface area contributed by atoms with Crippen LogP contribution in [-0.4, -0.2) is 6.71 Å². The Bertz CT molecular complexity index is 3140. The van der Waals surface area contributed by atoms with Crippen molar-refractivity contribution in [3.8, 4) is 11.1 Å². The summed E-state index contributed by atoms with van der Waals surface area (Å²) in [5, 5.41) is 1.27. The number of hydrogen-bond donors (Lipinski definition) is 0. The number of furan rings is 1. The van der Waals surface area contributed by atoms with Gasteiger partial charge in [-0.3, -0.25) is 4.90 Å². The van der Waals surface area contributed by atoms with Gasteiger partial charge in [0.1, 0.15) is 5.58 Å². The van der Waals surface area contributed by atoms with Gasteiger partial charge in [-0.2, -0.15) is 0 Å². The first-order chi connectivity index (χ1) is 31.2. The quantitative estimate of drug-likeness (QED) is 0.165. The molecule has 6 aromatic carbocycles. The third kappa shape index (κ3) is 6.01. The molecule has 4 aliphatic carbocycles. The van der Waals surface area contributed by atoms with Crippen LogP contribution in [0.5, 0.6) is 0 Å². The summed E-state index contributed by atoms with van der Waals surface area (Å²) in [5.41, 5.74) is 22.6. The Morgan fingerprint density at radius 2 is 1.05 bits per heavy atom. The van der Waals surface area contributed by atoms with E-state index in [4.69, 9.17) is 4.42 Å². The van der Waals surface area contributed by atoms with Gasteiger partial charge in [-0.15, -0.1) is 0 Å². The van der Waals surface area contributed by atoms with E-state index in [1.54, 1.807) is 5.56 Å². The van der Waals surface area contributed by atoms with Crippen molar-refractivity contribution in [3.05, 3.63) is 149 Å². The molecule has 334 valence electrons. The maximum absolute atomic E-state index is 7.63. The SMILES string of the molecule is CC(C)(C)c1ccc(N2c3ccc(C(C)(C)C)cc3B3c4c2cc(-c2ccccc2)cc4N(c2ccc4c(c2)C(C)(C)CCC4(C)C)c2oc4cc5c(cc4c23)C2(C)CCC5(C)CC2)cc1. The Hall–Kier alpha value is -5.48. The van der Waals surface area contributed by atoms with Gasteiger partial charge in [0.15, 0.2) is 0 Å². The summed E-state index contributed by atoms with van der Waals surface area (Å²) in [5.74, 6) is 0.964. The molecule has 1 aromatic heterocycles. The normalized spacial score (nSPS) is 22.2. The average molecular weight is 867 g/mol. The molecule has 66 heavy (non-hydrogen) atoms. The topological polar surface area (TPSA) is 19.6 Å². The standard InChI is InChI=1S/C62H67BN2O/c1-57(2,3)40-18-21-42(22-19-40)64-50-25-20-41(58(4,5)6)34-49(50)63-54-44-36-47-48(62(12)30-28-61(47,11)29-31-62)37-53(44)66-56(54)65(43-23-24-45-46(35-43)60(9,10)27-26-59(45,7)8)52-33-39(32-51(64)55(52)63)38-16-14-13-15-17-38/h13-25,32-37H,26-31H2,1-12H3. The zero-order valence-corrected chi connectivity index (χ0v) is 41.6. The molecule has 2 bridgehead atoms. The van der Waals surface area contributed by atoms with Gasteiger partial charge in [-0.05, 0) is 181 Å². The molecule has 0 N–H and O–H groups in total. The zero-order chi connectivity index (χ0) is 46.1. The molecule has 2 aliphatic heterocycles. The molecule has 4 heteroatoms. The summed E-state index contributed by atoms with van der Waals surface area (Å²) >= 11 is 0. The van der Waals surface area contributed by atoms with Crippen molar-refractivity contribution in [1.82, 2.24) is 0 Å². The molecule has 0 unspecified atom stereocenters. The summed E-state index contributed by atoms with van der Waals surface area (Å²) in [6, 6.07) is 45.3. The van der Waals surface area contributed by atoms with E-state index in [1.165, 1.54) is 121 Å². The lowest BCUT2D eigenvalue weighted by atomic mass is 9.33. The summed E-state index contributed by atoms with van der Waals surface area (Å²) < 4.78 is 7.63. The van der Waals surface area contributed by atoms with Crippen LogP contribution in [0.2, 0.25) is 0 Å². The van der Waals surface area contributed by atoms with Crippen LogP contribution in [-0.2, 0) is 32.5 Å². The van der Waals surface area contributed by atoms with E-state index in [1.807, 2.05) is 0 Å². The number of hydrogen-bond acceptors (Lipinski definition) is 3. The van der Waals surface area contributed by atoms with Crippen molar-refractivity contribution in [3.63, 3.8) is 0 Å². The van der Waals surface area contributed by atoms with E-state index in [9.17, 15) is 0 Å². The van der Waals surface area contributed by atoms with E-state index in [-0.39, 0.29) is 39.2 Å². The highest BCUT2D eigenvalue weighted by Crippen LogP contribution is 2.58. The van der Waals surface area contributed by atoms with E-state index in [2.05, 4.69) is 208 Å². The van der Waals surface area contributed by atoms with Crippen LogP contribution in [0.25, 0.3) is 22.1 Å². The number of nitrogens with zero attached hydrogens (tertiary/aromatic N) is 2. The summed E-state index contributed by atoms with van der Waals surface area (Å²) in [4.78, 5) is 5.13. The molecule has 0 radical (unpaired) electrons. The van der Waals surface area contributed by atoms with Crippen LogP contribution in [0, 0.1) is 0 Å². The summed E-state index contributed by atoms with van der Waals surface area (Å²) in [7, 11) is 0. The average Bonchev–Trinajstić information content (AvgIpc) is 3.65. The number of rotatable bonds is 3. The number of anilines is 6. The van der Waals surface area contributed by atoms with E-state index in [0.29, 0.717) is 0 Å². The second kappa shape index (κ2) is 13.6. The van der Waals surface area contributed by atoms with Crippen molar-refractivity contribution >= 4 is 68.4 Å². The molecule has 0 spiro atoms. The first-order valence-electron chi connectivity index (χ1n) is 25.0. The summed E-state index contributed by atoms with van der Waals surface area (Å²) in [6.07, 6.45) is 7.31. The molecule has 7 aromatic rings. The predicted molar refractivity (Wildman–Crippen MR) is 282 cm³/mol. The maximum atomic E-state index is 7.63. The first kappa shape index (κ1) is 41.9. The molecule has 3 heterocycles. The fourth-order valence-electron chi connectivity index (χ4n) is 13.1. The van der Waals surface area contributed by atoms with Crippen LogP contribution in [0.1, 0.15) is 155 Å². The highest BCUT2D eigenvalue weighted by molar-refractivity contribution is 7.01. The van der Waals surface area contributed by atoms with Crippen molar-refractivity contribution < 1.29 is 4.42 Å². The lowest BCUT2D eigenvalue weighted by Crippen LogP contribution is -2.61. The molecular weight excluding hydrogens is 800 g/mol. The number of fused-ring (bicyclic) bond motifs is 9. The second-order valence-corrected chi connectivity index (χ2v) is 25.1. The second-order valence-electron chi connectivity index (χ2n) is 25.1. The zero-order valence-electron chi connectivity index (χ0n) is 41.6. The Balaban J connectivity index is 1.22. The molecular formula is C62H67BN2O. The fraction of sp³-hybridized carbons (Fsp3) is 0.387. The van der Waals surface area contributed by atoms with Gasteiger partial charge >= 0.3 is 0 Å². The molecule has 13 rings (SSSR count). The van der Waals surface area contributed by atoms with Gasteiger partial charge in [0.25, 0.3) is 6.71 Å². The Morgan fingerprint density at radius 1 is 0.470 bits per heavy atom. The Morgan fingerprint density at radius 3 is 1.68 bits per heavy atom. The maximum Gasteiger partial charge on any atom is 0.257 e. The van der Waals surface area contributed by atoms with Crippen LogP contribution >= 0.6 is 0 Å². The minimum atomic E-state index is -0.0510. The van der Waals surface area contributed by atoms with E-state index >= 15 is 0 Å². The smallest absolute Gasteiger partial charge is 0.257 e. The molecule has 3 nitrogen and oxygen atoms in total. The molecule has 0 amide bonds. The van der Waals surface area contributed by atoms with Crippen molar-refractivity contribution in [2.75, 3.05) is 9.80 Å². The molecule has 1 fully saturated rings. The third-order valence-electron chi connectivity index (χ3n) is 17.6. The predicted octanol–water partition coefficient (Wildman–Crippen LogP) is 15.2. The van der Waals surface area contributed by atoms with Gasteiger partial charge in [-0.25, -0.2) is 0 Å². The van der Waals surface area contributed by atoms with Gasteiger partial charge in [0.2, 0.25) is 5.88 Å². The minimum Gasteiger partial charge on any atom is -0.440 e. The highest BCUT2D eigenvalue weighted by atomic mass is 16.4. The molecule has 1 saturated carbocycles. The molecule has 0 saturated heterocycles. The van der Waals surface area contributed by atoms with E-state index in [0.717, 1.165) is 17.9 Å². The largest absolute Gasteiger partial charge is 0.440 e. The molecule has 0 atom stereocenters. The Kier molecular flexibility index (Phi) is 8.63.